The minimum Gasteiger partial charge on any atom is -0.341 e. The summed E-state index contributed by atoms with van der Waals surface area (Å²) < 4.78 is 2.07. The van der Waals surface area contributed by atoms with Crippen molar-refractivity contribution in [3.63, 3.8) is 0 Å². The van der Waals surface area contributed by atoms with Gasteiger partial charge in [-0.2, -0.15) is 11.8 Å². The van der Waals surface area contributed by atoms with Crippen LogP contribution in [0.3, 0.4) is 0 Å². The summed E-state index contributed by atoms with van der Waals surface area (Å²) in [5.74, 6) is 2.36. The number of piperidine rings is 1. The van der Waals surface area contributed by atoms with Crippen molar-refractivity contribution in [3.8, 4) is 0 Å². The monoisotopic (exact) mass is 418 g/mol. The number of hydrogen-bond acceptors (Lipinski definition) is 4. The summed E-state index contributed by atoms with van der Waals surface area (Å²) in [5.41, 5.74) is 8.04. The molecule has 1 aromatic carbocycles. The zero-order valence-electron chi connectivity index (χ0n) is 15.3. The van der Waals surface area contributed by atoms with Crippen molar-refractivity contribution in [1.82, 2.24) is 14.5 Å². The van der Waals surface area contributed by atoms with Crippen molar-refractivity contribution in [2.75, 3.05) is 19.3 Å². The first-order chi connectivity index (χ1) is 11.6. The first-order valence-electron chi connectivity index (χ1n) is 8.56. The maximum Gasteiger partial charge on any atom is 0.242 e. The van der Waals surface area contributed by atoms with E-state index in [-0.39, 0.29) is 36.8 Å². The fourth-order valence-electron chi connectivity index (χ4n) is 3.44. The lowest BCUT2D eigenvalue weighted by Gasteiger charge is -2.34. The average molecular weight is 419 g/mol. The fraction of sp³-hybridized carbons (Fsp3) is 0.556. The van der Waals surface area contributed by atoms with Crippen molar-refractivity contribution in [2.45, 2.75) is 38.1 Å². The SMILES string of the molecule is CSCc1nc2ccccc2n1CC(=O)N1CCCC(C(C)N)C1.Cl.Cl. The summed E-state index contributed by atoms with van der Waals surface area (Å²) >= 11 is 1.73. The van der Waals surface area contributed by atoms with Crippen molar-refractivity contribution in [1.29, 1.82) is 0 Å². The third-order valence-electron chi connectivity index (χ3n) is 4.85. The lowest BCUT2D eigenvalue weighted by molar-refractivity contribution is -0.133. The molecule has 2 aromatic rings. The highest BCUT2D eigenvalue weighted by Crippen LogP contribution is 2.22. The molecular formula is C18H28Cl2N4OS. The van der Waals surface area contributed by atoms with E-state index in [4.69, 9.17) is 10.7 Å². The number of hydrogen-bond donors (Lipinski definition) is 1. The largest absolute Gasteiger partial charge is 0.341 e. The Bertz CT molecular complexity index is 722. The van der Waals surface area contributed by atoms with Crippen LogP contribution in [0.2, 0.25) is 0 Å². The van der Waals surface area contributed by atoms with Crippen LogP contribution in [0.5, 0.6) is 0 Å². The zero-order chi connectivity index (χ0) is 17.1. The van der Waals surface area contributed by atoms with Gasteiger partial charge in [-0.05, 0) is 44.1 Å². The summed E-state index contributed by atoms with van der Waals surface area (Å²) in [4.78, 5) is 19.5. The predicted octanol–water partition coefficient (Wildman–Crippen LogP) is 3.33. The van der Waals surface area contributed by atoms with Crippen LogP contribution in [0.15, 0.2) is 24.3 Å². The lowest BCUT2D eigenvalue weighted by Crippen LogP contribution is -2.46. The number of rotatable bonds is 5. The third kappa shape index (κ3) is 5.06. The number of carbonyl (C=O) groups is 1. The molecule has 1 amide bonds. The highest BCUT2D eigenvalue weighted by atomic mass is 35.5. The number of likely N-dealkylation sites (tertiary alicyclic amines) is 1. The van der Waals surface area contributed by atoms with Gasteiger partial charge in [-0.1, -0.05) is 12.1 Å². The number of aromatic nitrogens is 2. The molecule has 3 rings (SSSR count). The summed E-state index contributed by atoms with van der Waals surface area (Å²) in [5, 5.41) is 0. The smallest absolute Gasteiger partial charge is 0.242 e. The molecule has 1 aromatic heterocycles. The van der Waals surface area contributed by atoms with Gasteiger partial charge < -0.3 is 15.2 Å². The molecule has 1 fully saturated rings. The normalized spacial score (nSPS) is 18.1. The second kappa shape index (κ2) is 10.4. The number of nitrogens with two attached hydrogens (primary N) is 1. The van der Waals surface area contributed by atoms with Gasteiger partial charge in [0.25, 0.3) is 0 Å². The van der Waals surface area contributed by atoms with Gasteiger partial charge >= 0.3 is 0 Å². The van der Waals surface area contributed by atoms with Gasteiger partial charge in [-0.25, -0.2) is 4.98 Å². The van der Waals surface area contributed by atoms with Gasteiger partial charge in [0.2, 0.25) is 5.91 Å². The number of para-hydroxylation sites is 2. The van der Waals surface area contributed by atoms with Crippen LogP contribution in [-0.2, 0) is 17.1 Å². The van der Waals surface area contributed by atoms with Gasteiger partial charge in [-0.3, -0.25) is 4.79 Å². The Balaban J connectivity index is 0.00000169. The Morgan fingerprint density at radius 1 is 1.38 bits per heavy atom. The Morgan fingerprint density at radius 3 is 2.81 bits per heavy atom. The molecule has 1 aliphatic heterocycles. The molecule has 26 heavy (non-hydrogen) atoms. The second-order valence-electron chi connectivity index (χ2n) is 6.64. The molecule has 5 nitrogen and oxygen atoms in total. The molecule has 8 heteroatoms. The predicted molar refractivity (Wildman–Crippen MR) is 114 cm³/mol. The van der Waals surface area contributed by atoms with E-state index < -0.39 is 0 Å². The van der Waals surface area contributed by atoms with E-state index in [1.165, 1.54) is 0 Å². The molecule has 2 N–H and O–H groups in total. The highest BCUT2D eigenvalue weighted by Gasteiger charge is 2.26. The molecule has 1 aliphatic rings. The number of halogens is 2. The van der Waals surface area contributed by atoms with Gasteiger partial charge in [0.1, 0.15) is 12.4 Å². The van der Waals surface area contributed by atoms with Gasteiger partial charge in [0.15, 0.2) is 0 Å². The second-order valence-corrected chi connectivity index (χ2v) is 7.50. The Labute approximate surface area is 171 Å². The van der Waals surface area contributed by atoms with Gasteiger partial charge in [0, 0.05) is 19.1 Å². The topological polar surface area (TPSA) is 64.2 Å². The molecular weight excluding hydrogens is 391 g/mol. The molecule has 0 aliphatic carbocycles. The van der Waals surface area contributed by atoms with Crippen molar-refractivity contribution < 1.29 is 4.79 Å². The maximum absolute atomic E-state index is 12.9. The number of fused-ring (bicyclic) bond motifs is 1. The van der Waals surface area contributed by atoms with Crippen LogP contribution in [-0.4, -0.2) is 45.7 Å². The highest BCUT2D eigenvalue weighted by molar-refractivity contribution is 7.97. The van der Waals surface area contributed by atoms with Crippen LogP contribution in [0.25, 0.3) is 11.0 Å². The van der Waals surface area contributed by atoms with Gasteiger partial charge in [0.05, 0.1) is 16.8 Å². The molecule has 2 heterocycles. The summed E-state index contributed by atoms with van der Waals surface area (Å²) in [6.45, 7) is 4.02. The maximum atomic E-state index is 12.9. The molecule has 0 bridgehead atoms. The van der Waals surface area contributed by atoms with Crippen molar-refractivity contribution in [2.24, 2.45) is 11.7 Å². The van der Waals surface area contributed by atoms with Crippen molar-refractivity contribution >= 4 is 53.5 Å². The third-order valence-corrected chi connectivity index (χ3v) is 5.40. The first-order valence-corrected chi connectivity index (χ1v) is 9.96. The Kier molecular flexibility index (Phi) is 9.24. The minimum atomic E-state index is 0. The molecule has 0 spiro atoms. The Morgan fingerprint density at radius 2 is 2.12 bits per heavy atom. The number of carbonyl (C=O) groups excluding carboxylic acids is 1. The summed E-state index contributed by atoms with van der Waals surface area (Å²) in [6.07, 6.45) is 4.22. The first kappa shape index (κ1) is 23.1. The van der Waals surface area contributed by atoms with E-state index in [9.17, 15) is 4.79 Å². The number of imidazole rings is 1. The van der Waals surface area contributed by atoms with Crippen LogP contribution >= 0.6 is 36.6 Å². The molecule has 0 saturated carbocycles. The van der Waals surface area contributed by atoms with Crippen LogP contribution in [0.1, 0.15) is 25.6 Å². The van der Waals surface area contributed by atoms with E-state index >= 15 is 0 Å². The standard InChI is InChI=1S/C18H26N4OS.2ClH/c1-13(19)14-6-5-9-21(10-14)18(23)11-22-16-8-4-3-7-15(16)20-17(22)12-24-2;;/h3-4,7-8,13-14H,5-6,9-12,19H2,1-2H3;2*1H. The van der Waals surface area contributed by atoms with E-state index in [1.54, 1.807) is 11.8 Å². The molecule has 0 radical (unpaired) electrons. The molecule has 2 unspecified atom stereocenters. The zero-order valence-corrected chi connectivity index (χ0v) is 17.7. The molecule has 2 atom stereocenters. The quantitative estimate of drug-likeness (QED) is 0.808. The van der Waals surface area contributed by atoms with Crippen LogP contribution in [0, 0.1) is 5.92 Å². The number of amides is 1. The molecule has 146 valence electrons. The van der Waals surface area contributed by atoms with E-state index in [1.807, 2.05) is 36.1 Å². The summed E-state index contributed by atoms with van der Waals surface area (Å²) in [6, 6.07) is 8.18. The Hall–Kier alpha value is -0.950. The van der Waals surface area contributed by atoms with Gasteiger partial charge in [-0.15, -0.1) is 24.8 Å². The van der Waals surface area contributed by atoms with E-state index in [0.29, 0.717) is 12.5 Å². The number of nitrogens with zero attached hydrogens (tertiary/aromatic N) is 3. The van der Waals surface area contributed by atoms with E-state index in [0.717, 1.165) is 48.5 Å². The fourth-order valence-corrected chi connectivity index (χ4v) is 3.92. The number of benzene rings is 1. The van der Waals surface area contributed by atoms with E-state index in [2.05, 4.69) is 10.8 Å². The van der Waals surface area contributed by atoms with Crippen LogP contribution < -0.4 is 5.73 Å². The van der Waals surface area contributed by atoms with Crippen LogP contribution in [0.4, 0.5) is 0 Å². The van der Waals surface area contributed by atoms with Crippen molar-refractivity contribution in [3.05, 3.63) is 30.1 Å². The minimum absolute atomic E-state index is 0. The summed E-state index contributed by atoms with van der Waals surface area (Å²) in [7, 11) is 0. The lowest BCUT2D eigenvalue weighted by atomic mass is 9.92. The number of thioether (sulfide) groups is 1. The molecule has 1 saturated heterocycles. The average Bonchev–Trinajstić information content (AvgIpc) is 2.93.